The van der Waals surface area contributed by atoms with E-state index in [1.54, 1.807) is 12.1 Å². The van der Waals surface area contributed by atoms with Crippen molar-refractivity contribution in [2.24, 2.45) is 0 Å². The third-order valence-electron chi connectivity index (χ3n) is 3.84. The molecule has 1 N–H and O–H groups in total. The lowest BCUT2D eigenvalue weighted by atomic mass is 10.1. The summed E-state index contributed by atoms with van der Waals surface area (Å²) in [6.07, 6.45) is -0.702. The molecule has 0 saturated carbocycles. The Kier molecular flexibility index (Phi) is 6.13. The summed E-state index contributed by atoms with van der Waals surface area (Å²) in [5.74, 6) is -0.579. The van der Waals surface area contributed by atoms with E-state index in [2.05, 4.69) is 5.32 Å². The Hall–Kier alpha value is -2.80. The van der Waals surface area contributed by atoms with E-state index in [1.807, 2.05) is 12.1 Å². The van der Waals surface area contributed by atoms with Gasteiger partial charge >= 0.3 is 5.97 Å². The molecule has 0 spiro atoms. The Bertz CT molecular complexity index is 824. The van der Waals surface area contributed by atoms with Crippen molar-refractivity contribution in [2.45, 2.75) is 12.5 Å². The van der Waals surface area contributed by atoms with E-state index >= 15 is 0 Å². The number of benzene rings is 2. The minimum atomic E-state index is -0.747. The van der Waals surface area contributed by atoms with Gasteiger partial charge in [0.25, 0.3) is 5.91 Å². The molecule has 6 nitrogen and oxygen atoms in total. The molecule has 1 aliphatic rings. The van der Waals surface area contributed by atoms with Crippen molar-refractivity contribution in [3.8, 4) is 11.5 Å². The van der Waals surface area contributed by atoms with Gasteiger partial charge < -0.3 is 19.5 Å². The SMILES string of the molecule is O=C(COC(=O)Cc1c(F)cccc1Cl)NC[C@H]1COc2ccccc2O1. The van der Waals surface area contributed by atoms with Crippen molar-refractivity contribution in [1.29, 1.82) is 0 Å². The predicted octanol–water partition coefficient (Wildman–Crippen LogP) is 2.52. The lowest BCUT2D eigenvalue weighted by Gasteiger charge is -2.26. The van der Waals surface area contributed by atoms with Gasteiger partial charge in [-0.1, -0.05) is 29.8 Å². The molecule has 0 bridgehead atoms. The molecule has 2 aromatic carbocycles. The fourth-order valence-electron chi connectivity index (χ4n) is 2.48. The van der Waals surface area contributed by atoms with E-state index in [1.165, 1.54) is 18.2 Å². The summed E-state index contributed by atoms with van der Waals surface area (Å²) in [6.45, 7) is 0.0157. The molecule has 0 unspecified atom stereocenters. The van der Waals surface area contributed by atoms with E-state index in [0.29, 0.717) is 18.1 Å². The zero-order valence-electron chi connectivity index (χ0n) is 14.2. The van der Waals surface area contributed by atoms with E-state index in [-0.39, 0.29) is 29.7 Å². The molecule has 0 aliphatic carbocycles. The second-order valence-corrected chi connectivity index (χ2v) is 6.25. The topological polar surface area (TPSA) is 73.9 Å². The highest BCUT2D eigenvalue weighted by Gasteiger charge is 2.21. The van der Waals surface area contributed by atoms with Gasteiger partial charge in [-0.25, -0.2) is 4.39 Å². The molecule has 3 rings (SSSR count). The lowest BCUT2D eigenvalue weighted by molar-refractivity contribution is -0.148. The van der Waals surface area contributed by atoms with Crippen molar-refractivity contribution < 1.29 is 28.2 Å². The van der Waals surface area contributed by atoms with Crippen LogP contribution in [0.3, 0.4) is 0 Å². The summed E-state index contributed by atoms with van der Waals surface area (Å²) < 4.78 is 29.8. The number of hydrogen-bond acceptors (Lipinski definition) is 5. The standard InChI is InChI=1S/C19H17ClFNO5/c20-14-4-3-5-15(21)13(14)8-19(24)26-11-18(23)22-9-12-10-25-16-6-1-2-7-17(16)27-12/h1-7,12H,8-11H2,(H,22,23)/t12-/m0/s1. The number of esters is 1. The molecule has 0 saturated heterocycles. The largest absolute Gasteiger partial charge is 0.486 e. The first kappa shape index (κ1) is 19.0. The summed E-state index contributed by atoms with van der Waals surface area (Å²) in [7, 11) is 0. The molecule has 1 amide bonds. The normalized spacial score (nSPS) is 15.1. The Morgan fingerprint density at radius 2 is 1.96 bits per heavy atom. The maximum absolute atomic E-state index is 13.6. The molecular formula is C19H17ClFNO5. The molecule has 2 aromatic rings. The summed E-state index contributed by atoms with van der Waals surface area (Å²) in [4.78, 5) is 23.6. The van der Waals surface area contributed by atoms with Crippen LogP contribution in [0.2, 0.25) is 5.02 Å². The smallest absolute Gasteiger partial charge is 0.310 e. The fourth-order valence-corrected chi connectivity index (χ4v) is 2.71. The summed E-state index contributed by atoms with van der Waals surface area (Å²) in [6, 6.07) is 11.4. The van der Waals surface area contributed by atoms with Gasteiger partial charge in [0, 0.05) is 10.6 Å². The Labute approximate surface area is 160 Å². The third kappa shape index (κ3) is 5.10. The molecular weight excluding hydrogens is 377 g/mol. The second kappa shape index (κ2) is 8.73. The number of amides is 1. The van der Waals surface area contributed by atoms with Gasteiger partial charge in [-0.3, -0.25) is 9.59 Å². The summed E-state index contributed by atoms with van der Waals surface area (Å²) in [5, 5.41) is 2.73. The van der Waals surface area contributed by atoms with Crippen LogP contribution >= 0.6 is 11.6 Å². The molecule has 0 radical (unpaired) electrons. The lowest BCUT2D eigenvalue weighted by Crippen LogP contribution is -2.42. The van der Waals surface area contributed by atoms with Gasteiger partial charge in [0.05, 0.1) is 13.0 Å². The molecule has 0 aromatic heterocycles. The van der Waals surface area contributed by atoms with Crippen molar-refractivity contribution in [3.63, 3.8) is 0 Å². The Morgan fingerprint density at radius 1 is 1.19 bits per heavy atom. The molecule has 1 atom stereocenters. The fraction of sp³-hybridized carbons (Fsp3) is 0.263. The molecule has 8 heteroatoms. The van der Waals surface area contributed by atoms with Crippen LogP contribution < -0.4 is 14.8 Å². The molecule has 142 valence electrons. The Morgan fingerprint density at radius 3 is 2.74 bits per heavy atom. The van der Waals surface area contributed by atoms with Crippen molar-refractivity contribution in [2.75, 3.05) is 19.8 Å². The van der Waals surface area contributed by atoms with Crippen LogP contribution in [0, 0.1) is 5.82 Å². The number of fused-ring (bicyclic) bond motifs is 1. The number of para-hydroxylation sites is 2. The number of carbonyl (C=O) groups excluding carboxylic acids is 2. The van der Waals surface area contributed by atoms with E-state index in [4.69, 9.17) is 25.8 Å². The van der Waals surface area contributed by atoms with Gasteiger partial charge in [0.1, 0.15) is 18.5 Å². The van der Waals surface area contributed by atoms with Crippen LogP contribution in [0.1, 0.15) is 5.56 Å². The van der Waals surface area contributed by atoms with Gasteiger partial charge in [0.15, 0.2) is 18.1 Å². The Balaban J connectivity index is 1.40. The first-order chi connectivity index (χ1) is 13.0. The van der Waals surface area contributed by atoms with E-state index in [0.717, 1.165) is 0 Å². The number of halogens is 2. The number of rotatable bonds is 6. The van der Waals surface area contributed by atoms with Crippen LogP contribution in [0.15, 0.2) is 42.5 Å². The van der Waals surface area contributed by atoms with Crippen LogP contribution in [-0.2, 0) is 20.7 Å². The van der Waals surface area contributed by atoms with Gasteiger partial charge in [-0.15, -0.1) is 0 Å². The molecule has 1 aliphatic heterocycles. The zero-order valence-corrected chi connectivity index (χ0v) is 15.0. The molecule has 0 fully saturated rings. The van der Waals surface area contributed by atoms with E-state index in [9.17, 15) is 14.0 Å². The minimum absolute atomic E-state index is 0.0380. The van der Waals surface area contributed by atoms with Crippen molar-refractivity contribution in [1.82, 2.24) is 5.32 Å². The molecule has 1 heterocycles. The quantitative estimate of drug-likeness (QED) is 0.763. The van der Waals surface area contributed by atoms with Crippen molar-refractivity contribution in [3.05, 3.63) is 58.9 Å². The van der Waals surface area contributed by atoms with E-state index < -0.39 is 24.3 Å². The predicted molar refractivity (Wildman–Crippen MR) is 95.4 cm³/mol. The van der Waals surface area contributed by atoms with Crippen molar-refractivity contribution >= 4 is 23.5 Å². The maximum Gasteiger partial charge on any atom is 0.310 e. The first-order valence-electron chi connectivity index (χ1n) is 8.26. The number of hydrogen-bond donors (Lipinski definition) is 1. The monoisotopic (exact) mass is 393 g/mol. The summed E-state index contributed by atoms with van der Waals surface area (Å²) in [5.41, 5.74) is 0.0380. The van der Waals surface area contributed by atoms with Gasteiger partial charge in [0.2, 0.25) is 0 Å². The van der Waals surface area contributed by atoms with Crippen LogP contribution in [0.5, 0.6) is 11.5 Å². The number of nitrogens with one attached hydrogen (secondary N) is 1. The van der Waals surface area contributed by atoms with Gasteiger partial charge in [-0.2, -0.15) is 0 Å². The highest BCUT2D eigenvalue weighted by Crippen LogP contribution is 2.30. The number of carbonyl (C=O) groups is 2. The summed E-state index contributed by atoms with van der Waals surface area (Å²) >= 11 is 5.86. The first-order valence-corrected chi connectivity index (χ1v) is 8.64. The van der Waals surface area contributed by atoms with Crippen LogP contribution in [0.25, 0.3) is 0 Å². The molecule has 27 heavy (non-hydrogen) atoms. The zero-order chi connectivity index (χ0) is 19.2. The third-order valence-corrected chi connectivity index (χ3v) is 4.20. The number of ether oxygens (including phenoxy) is 3. The minimum Gasteiger partial charge on any atom is -0.486 e. The van der Waals surface area contributed by atoms with Crippen LogP contribution in [0.4, 0.5) is 4.39 Å². The second-order valence-electron chi connectivity index (χ2n) is 5.84. The highest BCUT2D eigenvalue weighted by atomic mass is 35.5. The average molecular weight is 394 g/mol. The maximum atomic E-state index is 13.6. The van der Waals surface area contributed by atoms with Crippen LogP contribution in [-0.4, -0.2) is 37.7 Å². The average Bonchev–Trinajstić information content (AvgIpc) is 2.67. The van der Waals surface area contributed by atoms with Gasteiger partial charge in [-0.05, 0) is 24.3 Å². The highest BCUT2D eigenvalue weighted by molar-refractivity contribution is 6.31.